The molecule has 2 heterocycles. The Hall–Kier alpha value is -1.58. The van der Waals surface area contributed by atoms with Crippen molar-refractivity contribution < 1.29 is 99.5 Å². The number of hydrogen-bond donors (Lipinski definition) is 1. The van der Waals surface area contributed by atoms with Gasteiger partial charge in [0.15, 0.2) is 15.1 Å². The average Bonchev–Trinajstić information content (AvgIpc) is 3.86. The van der Waals surface area contributed by atoms with Gasteiger partial charge in [-0.1, -0.05) is 58.7 Å². The smallest absolute Gasteiger partial charge is 0.318 e. The Balaban J connectivity index is 0.00000117. The van der Waals surface area contributed by atoms with E-state index in [1.54, 1.807) is 48.5 Å². The number of carboxylic acid groups (broad SMARTS) is 1. The standard InChI is InChI=1S/C40H66O12Si4.C9H17O2.Y/c1-13-38(5,37(47)51-24(2)3)17-40(7,36(45)46)18-39(6,16-29(41)48-8)32-31(34(43)52-35(32)44)30-25(4)27-14-26(30)15-28(27)33(42)49-19-50-56(12)22-54(10)20-53(9)21-55(11)23-56;1-6-9(4,5)8(10)11-7(2)3;/h25-28,30-32H,13-23H2,1-12H3,(H,45,46);6H2,1-5H3;/q2*-1;. The molecule has 0 aromatic rings. The van der Waals surface area contributed by atoms with E-state index in [0.29, 0.717) is 25.0 Å². The number of carbonyl (C=O) groups is 7. The van der Waals surface area contributed by atoms with Crippen molar-refractivity contribution in [1.82, 2.24) is 0 Å². The predicted octanol–water partition coefficient (Wildman–Crippen LogP) is 9.35. The Morgan fingerprint density at radius 2 is 1.35 bits per heavy atom. The van der Waals surface area contributed by atoms with Gasteiger partial charge in [0.05, 0.1) is 47.5 Å². The van der Waals surface area contributed by atoms with Crippen molar-refractivity contribution in [2.75, 3.05) is 13.9 Å². The summed E-state index contributed by atoms with van der Waals surface area (Å²) in [4.78, 5) is 92.1. The normalized spacial score (nSPS) is 28.1. The number of aliphatic carboxylic acids is 1. The van der Waals surface area contributed by atoms with Gasteiger partial charge in [0.1, 0.15) is 0 Å². The van der Waals surface area contributed by atoms with E-state index >= 15 is 0 Å². The third kappa shape index (κ3) is 15.7. The van der Waals surface area contributed by atoms with Gasteiger partial charge in [-0.2, -0.15) is 27.7 Å². The van der Waals surface area contributed by atoms with Crippen LogP contribution < -0.4 is 0 Å². The predicted molar refractivity (Wildman–Crippen MR) is 262 cm³/mol. The topological polar surface area (TPSA) is 195 Å². The Labute approximate surface area is 439 Å². The van der Waals surface area contributed by atoms with Crippen molar-refractivity contribution in [3.63, 3.8) is 0 Å². The van der Waals surface area contributed by atoms with Crippen LogP contribution in [0.2, 0.25) is 48.9 Å². The van der Waals surface area contributed by atoms with Crippen molar-refractivity contribution in [2.24, 2.45) is 63.1 Å². The molecule has 2 bridgehead atoms. The van der Waals surface area contributed by atoms with Gasteiger partial charge in [0, 0.05) is 59.1 Å². The summed E-state index contributed by atoms with van der Waals surface area (Å²) in [5.41, 5.74) is 0.588. The van der Waals surface area contributed by atoms with Gasteiger partial charge in [-0.25, -0.2) is 0 Å². The fraction of sp³-hybridized carbons (Fsp3) is 0.816. The van der Waals surface area contributed by atoms with Crippen molar-refractivity contribution >= 4 is 76.5 Å². The molecule has 2 aliphatic heterocycles. The SMILES string of the molecule is CCC(C)(C)C(=O)O[C-](C)C.CCC(C)(CC(C)(CC(C)(CC(=O)OC)C1C(=O)OC(=O)C1C1C2CC(C(=O)OCO[Si]3(C)C[Si](C)C[Si](C)C[Si](C)C3)C(C2)C1C)C(=O)O)C(=O)O[C-](C)C.[Y]. The van der Waals surface area contributed by atoms with E-state index in [2.05, 4.69) is 26.2 Å². The average molecular weight is 1100 g/mol. The van der Waals surface area contributed by atoms with Crippen LogP contribution >= 0.6 is 0 Å². The number of methoxy groups -OCH3 is 1. The monoisotopic (exact) mass is 1100 g/mol. The Bertz CT molecular complexity index is 1780. The summed E-state index contributed by atoms with van der Waals surface area (Å²) in [6.07, 6.45) is 2.67. The zero-order chi connectivity index (χ0) is 51.2. The first-order chi connectivity index (χ1) is 30.8. The van der Waals surface area contributed by atoms with Gasteiger partial charge in [0.25, 0.3) is 11.9 Å². The molecule has 0 spiro atoms. The molecule has 2 saturated heterocycles. The number of carboxylic acids is 1. The molecule has 0 aromatic heterocycles. The first-order valence-corrected chi connectivity index (χ1v) is 34.2. The second-order valence-electron chi connectivity index (χ2n) is 22.8. The molecular weight excluding hydrogens is 1010 g/mol. The second-order valence-corrected chi connectivity index (χ2v) is 37.4. The Kier molecular flexibility index (Phi) is 23.3. The molecule has 10 atom stereocenters. The Morgan fingerprint density at radius 1 is 0.809 bits per heavy atom. The van der Waals surface area contributed by atoms with Crippen LogP contribution in [0, 0.1) is 75.3 Å². The van der Waals surface area contributed by atoms with E-state index in [1.807, 2.05) is 27.7 Å². The summed E-state index contributed by atoms with van der Waals surface area (Å²) >= 11 is 0. The minimum absolute atomic E-state index is 0. The van der Waals surface area contributed by atoms with Crippen LogP contribution in [-0.2, 0) is 94.4 Å². The second kappa shape index (κ2) is 25.4. The third-order valence-electron chi connectivity index (χ3n) is 15.4. The zero-order valence-electron chi connectivity index (χ0n) is 44.4. The molecule has 4 fully saturated rings. The third-order valence-corrected chi connectivity index (χ3v) is 36.6. The van der Waals surface area contributed by atoms with Crippen LogP contribution in [0.3, 0.4) is 0 Å². The zero-order valence-corrected chi connectivity index (χ0v) is 51.2. The molecule has 4 aliphatic rings. The minimum Gasteiger partial charge on any atom is -0.634 e. The van der Waals surface area contributed by atoms with Crippen molar-refractivity contribution in [3.8, 4) is 0 Å². The van der Waals surface area contributed by atoms with E-state index in [-0.39, 0.29) is 121 Å². The molecule has 19 heteroatoms. The summed E-state index contributed by atoms with van der Waals surface area (Å²) in [5.74, 6) is -7.47. The quantitative estimate of drug-likeness (QED) is 0.0321. The number of cyclic esters (lactones) is 2. The van der Waals surface area contributed by atoms with Gasteiger partial charge in [-0.05, 0) is 113 Å². The van der Waals surface area contributed by atoms with E-state index in [9.17, 15) is 38.7 Å². The van der Waals surface area contributed by atoms with Crippen molar-refractivity contribution in [3.05, 3.63) is 12.2 Å². The minimum atomic E-state index is -1.99. The maximum Gasteiger partial charge on any atom is 0.318 e. The van der Waals surface area contributed by atoms with Gasteiger partial charge in [0.2, 0.25) is 0 Å². The number of hydrogen-bond acceptors (Lipinski definition) is 13. The fourth-order valence-corrected chi connectivity index (χ4v) is 38.1. The maximum absolute atomic E-state index is 13.9. The first-order valence-electron chi connectivity index (χ1n) is 24.2. The molecule has 68 heavy (non-hydrogen) atoms. The molecule has 2 aliphatic carbocycles. The van der Waals surface area contributed by atoms with Gasteiger partial charge in [-0.3, -0.25) is 33.6 Å². The maximum atomic E-state index is 13.9. The van der Waals surface area contributed by atoms with Gasteiger partial charge >= 0.3 is 29.8 Å². The first kappa shape index (κ1) is 62.5. The van der Waals surface area contributed by atoms with Crippen LogP contribution in [0.5, 0.6) is 0 Å². The van der Waals surface area contributed by atoms with E-state index < -0.39 is 83.8 Å². The van der Waals surface area contributed by atoms with Crippen molar-refractivity contribution in [1.29, 1.82) is 0 Å². The summed E-state index contributed by atoms with van der Waals surface area (Å²) in [5, 5.41) is 10.8. The van der Waals surface area contributed by atoms with Crippen LogP contribution in [0.25, 0.3) is 0 Å². The number of fused-ring (bicyclic) bond motifs is 2. The summed E-state index contributed by atoms with van der Waals surface area (Å²) in [6, 6.07) is 0. The number of carbonyl (C=O) groups excluding carboxylic acids is 6. The van der Waals surface area contributed by atoms with Crippen LogP contribution in [0.4, 0.5) is 0 Å². The molecule has 1 N–H and O–H groups in total. The number of rotatable bonds is 19. The molecule has 0 amide bonds. The van der Waals surface area contributed by atoms with E-state index in [4.69, 9.17) is 28.1 Å². The molecule has 2 saturated carbocycles. The summed E-state index contributed by atoms with van der Waals surface area (Å²) < 4.78 is 33.3. The molecular formula is C49H83O14Si4Y-2. The van der Waals surface area contributed by atoms with Gasteiger partial charge in [-0.15, -0.1) is 12.2 Å². The molecule has 0 aromatic carbocycles. The molecule has 10 unspecified atom stereocenters. The molecule has 4 rings (SSSR count). The van der Waals surface area contributed by atoms with Crippen molar-refractivity contribution in [2.45, 2.75) is 177 Å². The van der Waals surface area contributed by atoms with Crippen LogP contribution in [0.15, 0.2) is 0 Å². The molecule has 4 radical (unpaired) electrons. The van der Waals surface area contributed by atoms with E-state index in [0.717, 1.165) is 6.42 Å². The molecule has 384 valence electrons. The Morgan fingerprint density at radius 3 is 1.82 bits per heavy atom. The fourth-order valence-electron chi connectivity index (χ4n) is 12.0. The van der Waals surface area contributed by atoms with Crippen LogP contribution in [0.1, 0.15) is 128 Å². The summed E-state index contributed by atoms with van der Waals surface area (Å²) in [7, 11) is -1.95. The van der Waals surface area contributed by atoms with E-state index in [1.165, 1.54) is 36.7 Å². The molecule has 14 nitrogen and oxygen atoms in total. The largest absolute Gasteiger partial charge is 0.634 e. The number of ether oxygens (including phenoxy) is 5. The van der Waals surface area contributed by atoms with Gasteiger partial charge < -0.3 is 33.2 Å². The van der Waals surface area contributed by atoms with Crippen LogP contribution in [-0.4, -0.2) is 95.5 Å². The summed E-state index contributed by atoms with van der Waals surface area (Å²) in [6.45, 7) is 30.8. The number of esters is 6.